The molecule has 0 amide bonds. The largest absolute Gasteiger partial charge is 1.00 e. The fourth-order valence-electron chi connectivity index (χ4n) is 2.30. The van der Waals surface area contributed by atoms with Gasteiger partial charge in [0.2, 0.25) is 0 Å². The molecule has 4 nitrogen and oxygen atoms in total. The molecule has 0 fully saturated rings. The number of carboxylic acids is 1. The van der Waals surface area contributed by atoms with Crippen LogP contribution in [-0.4, -0.2) is 56.3 Å². The minimum Gasteiger partial charge on any atom is -0.545 e. The van der Waals surface area contributed by atoms with Crippen LogP contribution in [0.1, 0.15) is 84.0 Å². The minimum absolute atomic E-state index is 0. The molecule has 23 heavy (non-hydrogen) atoms. The van der Waals surface area contributed by atoms with Crippen molar-refractivity contribution >= 4 is 49.7 Å². The molecule has 0 spiro atoms. The van der Waals surface area contributed by atoms with Crippen molar-refractivity contribution in [2.75, 3.05) is 6.61 Å². The maximum atomic E-state index is 11.0. The van der Waals surface area contributed by atoms with E-state index in [0.29, 0.717) is 12.7 Å². The summed E-state index contributed by atoms with van der Waals surface area (Å²) in [6, 6.07) is 0. The van der Waals surface area contributed by atoms with Gasteiger partial charge in [-0.05, 0) is 12.5 Å². The number of rotatable bonds is 15. The first kappa shape index (κ1) is 25.2. The summed E-state index contributed by atoms with van der Waals surface area (Å²) in [7, 11) is 0. The number of hydrogen-bond donors (Lipinski definition) is 0. The van der Waals surface area contributed by atoms with Crippen LogP contribution in [0.3, 0.4) is 0 Å². The number of carbonyl (C=O) groups is 2. The normalized spacial score (nSPS) is 10.5. The molecular formula is C18H31CaO4. The summed E-state index contributed by atoms with van der Waals surface area (Å²) in [6.07, 6.45) is 16.7. The number of hydrogen-bond acceptors (Lipinski definition) is 4. The van der Waals surface area contributed by atoms with Crippen LogP contribution in [0.2, 0.25) is 0 Å². The van der Waals surface area contributed by atoms with Gasteiger partial charge in [-0.1, -0.05) is 77.6 Å². The van der Waals surface area contributed by atoms with Crippen LogP contribution < -0.4 is 5.11 Å². The van der Waals surface area contributed by atoms with E-state index in [2.05, 4.69) is 6.92 Å². The first-order valence-corrected chi connectivity index (χ1v) is 8.72. The summed E-state index contributed by atoms with van der Waals surface area (Å²) >= 11 is 0. The van der Waals surface area contributed by atoms with Gasteiger partial charge in [-0.25, -0.2) is 4.79 Å². The molecular weight excluding hydrogens is 320 g/mol. The third kappa shape index (κ3) is 21.9. The van der Waals surface area contributed by atoms with Gasteiger partial charge in [-0.2, -0.15) is 0 Å². The Morgan fingerprint density at radius 2 is 1.22 bits per heavy atom. The van der Waals surface area contributed by atoms with E-state index >= 15 is 0 Å². The van der Waals surface area contributed by atoms with E-state index in [1.807, 2.05) is 0 Å². The Morgan fingerprint density at radius 3 is 1.65 bits per heavy atom. The molecule has 0 N–H and O–H groups in total. The van der Waals surface area contributed by atoms with Crippen molar-refractivity contribution in [1.82, 2.24) is 0 Å². The van der Waals surface area contributed by atoms with E-state index in [4.69, 9.17) is 4.74 Å². The molecule has 0 unspecified atom stereocenters. The first-order chi connectivity index (χ1) is 10.7. The second-order valence-corrected chi connectivity index (χ2v) is 5.71. The summed E-state index contributed by atoms with van der Waals surface area (Å²) in [5.41, 5.74) is 0. The van der Waals surface area contributed by atoms with Crippen LogP contribution in [0.25, 0.3) is 0 Å². The number of ether oxygens (including phenoxy) is 1. The molecule has 0 rings (SSSR count). The second kappa shape index (κ2) is 20.0. The molecule has 5 heteroatoms. The Kier molecular flexibility index (Phi) is 21.9. The van der Waals surface area contributed by atoms with Gasteiger partial charge in [0.05, 0.1) is 12.6 Å². The fourth-order valence-corrected chi connectivity index (χ4v) is 2.30. The SMILES string of the molecule is CCCCCCCCCCCCCCOC(=O)C=CC(=O)[O-].[Ca+]. The zero-order valence-electron chi connectivity index (χ0n) is 14.7. The number of unbranched alkanes of at least 4 members (excludes halogenated alkanes) is 11. The van der Waals surface area contributed by atoms with Crippen LogP contribution in [0.5, 0.6) is 0 Å². The molecule has 0 saturated carbocycles. The van der Waals surface area contributed by atoms with Crippen molar-refractivity contribution in [3.8, 4) is 0 Å². The van der Waals surface area contributed by atoms with Crippen LogP contribution in [0.15, 0.2) is 12.2 Å². The van der Waals surface area contributed by atoms with Crippen molar-refractivity contribution in [3.63, 3.8) is 0 Å². The topological polar surface area (TPSA) is 66.4 Å². The number of carbonyl (C=O) groups excluding carboxylic acids is 2. The smallest absolute Gasteiger partial charge is 0.545 e. The number of aliphatic carboxylic acids is 1. The first-order valence-electron chi connectivity index (χ1n) is 8.72. The van der Waals surface area contributed by atoms with Crippen molar-refractivity contribution in [3.05, 3.63) is 12.2 Å². The van der Waals surface area contributed by atoms with E-state index in [-0.39, 0.29) is 37.7 Å². The molecule has 0 aliphatic heterocycles. The van der Waals surface area contributed by atoms with E-state index < -0.39 is 11.9 Å². The van der Waals surface area contributed by atoms with Gasteiger partial charge < -0.3 is 14.6 Å². The molecule has 0 aromatic rings. The van der Waals surface area contributed by atoms with E-state index in [1.165, 1.54) is 64.2 Å². The number of carboxylic acid groups (broad SMARTS) is 1. The Morgan fingerprint density at radius 1 is 0.783 bits per heavy atom. The summed E-state index contributed by atoms with van der Waals surface area (Å²) in [6.45, 7) is 2.60. The van der Waals surface area contributed by atoms with Gasteiger partial charge >= 0.3 is 43.7 Å². The standard InChI is InChI=1S/C18H32O4.Ca/c1-2-3-4-5-6-7-8-9-10-11-12-13-16-22-18(21)15-14-17(19)20;/h14-15H,2-13,16H2,1H3,(H,19,20);/q;+1/p-1. The Bertz CT molecular complexity index is 316. The summed E-state index contributed by atoms with van der Waals surface area (Å²) < 4.78 is 4.87. The zero-order valence-corrected chi connectivity index (χ0v) is 16.9. The monoisotopic (exact) mass is 351 g/mol. The van der Waals surface area contributed by atoms with E-state index in [0.717, 1.165) is 18.9 Å². The third-order valence-corrected chi connectivity index (χ3v) is 3.60. The molecule has 0 bridgehead atoms. The zero-order chi connectivity index (χ0) is 16.5. The predicted molar refractivity (Wildman–Crippen MR) is 91.9 cm³/mol. The number of esters is 1. The maximum absolute atomic E-state index is 11.0. The maximum Gasteiger partial charge on any atom is 1.00 e. The molecule has 0 aromatic carbocycles. The molecule has 1 radical (unpaired) electrons. The van der Waals surface area contributed by atoms with Crippen LogP contribution >= 0.6 is 0 Å². The second-order valence-electron chi connectivity index (χ2n) is 5.71. The summed E-state index contributed by atoms with van der Waals surface area (Å²) in [5, 5.41) is 10.1. The molecule has 0 atom stereocenters. The molecule has 0 heterocycles. The quantitative estimate of drug-likeness (QED) is 0.197. The van der Waals surface area contributed by atoms with Crippen molar-refractivity contribution in [2.45, 2.75) is 84.0 Å². The van der Waals surface area contributed by atoms with Crippen molar-refractivity contribution < 1.29 is 19.4 Å². The fraction of sp³-hybridized carbons (Fsp3) is 0.778. The average molecular weight is 352 g/mol. The van der Waals surface area contributed by atoms with Crippen LogP contribution in [0.4, 0.5) is 0 Å². The minimum atomic E-state index is -1.39. The Labute approximate surface area is 171 Å². The summed E-state index contributed by atoms with van der Waals surface area (Å²) in [4.78, 5) is 21.1. The Balaban J connectivity index is 0. The van der Waals surface area contributed by atoms with Gasteiger partial charge in [0.25, 0.3) is 0 Å². The summed E-state index contributed by atoms with van der Waals surface area (Å²) in [5.74, 6) is -2.01. The molecule has 0 aliphatic rings. The van der Waals surface area contributed by atoms with Gasteiger partial charge in [0, 0.05) is 6.08 Å². The van der Waals surface area contributed by atoms with Gasteiger partial charge in [-0.15, -0.1) is 0 Å². The van der Waals surface area contributed by atoms with Crippen LogP contribution in [-0.2, 0) is 14.3 Å². The predicted octanol–water partition coefficient (Wildman–Crippen LogP) is 3.16. The average Bonchev–Trinajstić information content (AvgIpc) is 2.49. The third-order valence-electron chi connectivity index (χ3n) is 3.60. The van der Waals surface area contributed by atoms with Crippen molar-refractivity contribution in [2.24, 2.45) is 0 Å². The molecule has 0 aromatic heterocycles. The molecule has 0 aliphatic carbocycles. The van der Waals surface area contributed by atoms with Gasteiger partial charge in [0.1, 0.15) is 0 Å². The van der Waals surface area contributed by atoms with Crippen LogP contribution in [0, 0.1) is 0 Å². The Hall–Kier alpha value is -0.0603. The van der Waals surface area contributed by atoms with Gasteiger partial charge in [0.15, 0.2) is 0 Å². The van der Waals surface area contributed by atoms with E-state index in [9.17, 15) is 14.7 Å². The van der Waals surface area contributed by atoms with Crippen molar-refractivity contribution in [1.29, 1.82) is 0 Å². The molecule has 0 saturated heterocycles. The van der Waals surface area contributed by atoms with Gasteiger partial charge in [-0.3, -0.25) is 0 Å². The molecule has 129 valence electrons. The van der Waals surface area contributed by atoms with E-state index in [1.54, 1.807) is 0 Å².